The summed E-state index contributed by atoms with van der Waals surface area (Å²) >= 11 is 0. The summed E-state index contributed by atoms with van der Waals surface area (Å²) in [6.07, 6.45) is 0.297. The number of likely N-dealkylation sites (tertiary alicyclic amines) is 1. The van der Waals surface area contributed by atoms with E-state index in [2.05, 4.69) is 5.32 Å². The van der Waals surface area contributed by atoms with Crippen molar-refractivity contribution >= 4 is 11.8 Å². The van der Waals surface area contributed by atoms with E-state index in [1.54, 1.807) is 11.9 Å². The lowest BCUT2D eigenvalue weighted by Crippen LogP contribution is -2.31. The van der Waals surface area contributed by atoms with Crippen LogP contribution in [0.1, 0.15) is 17.5 Å². The molecule has 1 aromatic carbocycles. The number of hydrogen-bond acceptors (Lipinski definition) is 3. The number of carbonyl (C=O) groups excluding carboxylic acids is 2. The fraction of sp³-hybridized carbons (Fsp3) is 0.429. The highest BCUT2D eigenvalue weighted by atomic mass is 16.3. The molecule has 0 aromatic heterocycles. The number of hydrogen-bond donors (Lipinski definition) is 2. The van der Waals surface area contributed by atoms with Gasteiger partial charge in [-0.1, -0.05) is 24.3 Å². The molecule has 0 saturated carbocycles. The maximum absolute atomic E-state index is 11.9. The Labute approximate surface area is 112 Å². The normalized spacial score (nSPS) is 18.7. The zero-order valence-corrected chi connectivity index (χ0v) is 10.9. The minimum atomic E-state index is -0.241. The van der Waals surface area contributed by atoms with Crippen molar-refractivity contribution in [2.24, 2.45) is 5.92 Å². The van der Waals surface area contributed by atoms with E-state index in [9.17, 15) is 9.59 Å². The molecule has 2 amide bonds. The fourth-order valence-corrected chi connectivity index (χ4v) is 2.14. The van der Waals surface area contributed by atoms with Gasteiger partial charge >= 0.3 is 0 Å². The highest BCUT2D eigenvalue weighted by Gasteiger charge is 2.31. The van der Waals surface area contributed by atoms with E-state index >= 15 is 0 Å². The van der Waals surface area contributed by atoms with Crippen LogP contribution >= 0.6 is 0 Å². The first-order chi connectivity index (χ1) is 9.10. The molecule has 2 rings (SSSR count). The molecule has 1 aromatic rings. The van der Waals surface area contributed by atoms with Gasteiger partial charge in [0.1, 0.15) is 0 Å². The van der Waals surface area contributed by atoms with E-state index in [0.717, 1.165) is 11.1 Å². The topological polar surface area (TPSA) is 69.6 Å². The third-order valence-electron chi connectivity index (χ3n) is 3.38. The number of benzene rings is 1. The van der Waals surface area contributed by atoms with Gasteiger partial charge in [0, 0.05) is 26.6 Å². The Morgan fingerprint density at radius 3 is 2.53 bits per heavy atom. The summed E-state index contributed by atoms with van der Waals surface area (Å²) in [5, 5.41) is 11.8. The Morgan fingerprint density at radius 1 is 1.37 bits per heavy atom. The van der Waals surface area contributed by atoms with Crippen LogP contribution in [0.4, 0.5) is 0 Å². The number of nitrogens with one attached hydrogen (secondary N) is 1. The van der Waals surface area contributed by atoms with Crippen LogP contribution in [0.15, 0.2) is 24.3 Å². The molecule has 0 spiro atoms. The molecule has 102 valence electrons. The highest BCUT2D eigenvalue weighted by molar-refractivity contribution is 5.89. The van der Waals surface area contributed by atoms with Crippen molar-refractivity contribution in [1.82, 2.24) is 10.2 Å². The number of rotatable bonds is 4. The summed E-state index contributed by atoms with van der Waals surface area (Å²) in [5.41, 5.74) is 1.82. The molecule has 1 heterocycles. The van der Waals surface area contributed by atoms with Gasteiger partial charge in [-0.2, -0.15) is 0 Å². The van der Waals surface area contributed by atoms with Crippen LogP contribution in [0.5, 0.6) is 0 Å². The monoisotopic (exact) mass is 262 g/mol. The average Bonchev–Trinajstić information content (AvgIpc) is 2.77. The molecule has 1 atom stereocenters. The number of aliphatic hydroxyl groups excluding tert-OH is 1. The van der Waals surface area contributed by atoms with Gasteiger partial charge in [0.25, 0.3) is 0 Å². The molecule has 2 N–H and O–H groups in total. The van der Waals surface area contributed by atoms with Crippen LogP contribution in [0, 0.1) is 5.92 Å². The summed E-state index contributed by atoms with van der Waals surface area (Å²) in [4.78, 5) is 24.8. The first kappa shape index (κ1) is 13.5. The lowest BCUT2D eigenvalue weighted by Gasteiger charge is -2.11. The molecule has 1 unspecified atom stereocenters. The van der Waals surface area contributed by atoms with Gasteiger partial charge in [0.2, 0.25) is 11.8 Å². The molecule has 5 nitrogen and oxygen atoms in total. The second-order valence-electron chi connectivity index (χ2n) is 4.87. The van der Waals surface area contributed by atoms with E-state index in [0.29, 0.717) is 19.5 Å². The van der Waals surface area contributed by atoms with E-state index in [4.69, 9.17) is 5.11 Å². The smallest absolute Gasteiger partial charge is 0.225 e. The maximum atomic E-state index is 11.9. The largest absolute Gasteiger partial charge is 0.392 e. The van der Waals surface area contributed by atoms with E-state index < -0.39 is 0 Å². The van der Waals surface area contributed by atoms with Gasteiger partial charge in [-0.3, -0.25) is 9.59 Å². The van der Waals surface area contributed by atoms with Crippen LogP contribution in [0.3, 0.4) is 0 Å². The summed E-state index contributed by atoms with van der Waals surface area (Å²) in [5.74, 6) is -0.300. The summed E-state index contributed by atoms with van der Waals surface area (Å²) in [7, 11) is 1.71. The molecule has 1 fully saturated rings. The highest BCUT2D eigenvalue weighted by Crippen LogP contribution is 2.16. The Hall–Kier alpha value is -1.88. The van der Waals surface area contributed by atoms with Crippen LogP contribution in [-0.4, -0.2) is 35.4 Å². The van der Waals surface area contributed by atoms with Gasteiger partial charge in [-0.25, -0.2) is 0 Å². The fourth-order valence-electron chi connectivity index (χ4n) is 2.14. The zero-order valence-electron chi connectivity index (χ0n) is 10.9. The Bertz CT molecular complexity index is 470. The van der Waals surface area contributed by atoms with Crippen molar-refractivity contribution in [2.75, 3.05) is 13.6 Å². The number of nitrogens with zero attached hydrogens (tertiary/aromatic N) is 1. The van der Waals surface area contributed by atoms with Crippen molar-refractivity contribution in [3.8, 4) is 0 Å². The minimum Gasteiger partial charge on any atom is -0.392 e. The first-order valence-corrected chi connectivity index (χ1v) is 6.30. The minimum absolute atomic E-state index is 0.0170. The van der Waals surface area contributed by atoms with Crippen LogP contribution in [0.2, 0.25) is 0 Å². The Balaban J connectivity index is 1.84. The van der Waals surface area contributed by atoms with Crippen molar-refractivity contribution in [3.63, 3.8) is 0 Å². The van der Waals surface area contributed by atoms with Gasteiger partial charge in [-0.05, 0) is 11.1 Å². The van der Waals surface area contributed by atoms with Gasteiger partial charge < -0.3 is 15.3 Å². The number of amides is 2. The van der Waals surface area contributed by atoms with Crippen LogP contribution in [0.25, 0.3) is 0 Å². The van der Waals surface area contributed by atoms with E-state index in [-0.39, 0.29) is 24.3 Å². The van der Waals surface area contributed by atoms with Crippen LogP contribution in [-0.2, 0) is 22.7 Å². The first-order valence-electron chi connectivity index (χ1n) is 6.30. The predicted molar refractivity (Wildman–Crippen MR) is 70.0 cm³/mol. The summed E-state index contributed by atoms with van der Waals surface area (Å²) in [6.45, 7) is 0.955. The van der Waals surface area contributed by atoms with Crippen molar-refractivity contribution in [2.45, 2.75) is 19.6 Å². The second kappa shape index (κ2) is 5.84. The SMILES string of the molecule is CN1CC(C(=O)NCc2ccc(CO)cc2)CC1=O. The lowest BCUT2D eigenvalue weighted by molar-refractivity contribution is -0.128. The lowest BCUT2D eigenvalue weighted by atomic mass is 10.1. The van der Waals surface area contributed by atoms with Gasteiger partial charge in [0.15, 0.2) is 0 Å². The van der Waals surface area contributed by atoms with Crippen molar-refractivity contribution in [3.05, 3.63) is 35.4 Å². The zero-order chi connectivity index (χ0) is 13.8. The van der Waals surface area contributed by atoms with E-state index in [1.807, 2.05) is 24.3 Å². The molecular formula is C14H18N2O3. The molecule has 0 bridgehead atoms. The molecule has 19 heavy (non-hydrogen) atoms. The predicted octanol–water partition coefficient (Wildman–Crippen LogP) is 0.273. The quantitative estimate of drug-likeness (QED) is 0.818. The van der Waals surface area contributed by atoms with Crippen molar-refractivity contribution < 1.29 is 14.7 Å². The standard InChI is InChI=1S/C14H18N2O3/c1-16-8-12(6-13(16)18)14(19)15-7-10-2-4-11(9-17)5-3-10/h2-5,12,17H,6-9H2,1H3,(H,15,19). The number of aliphatic hydroxyl groups is 1. The molecular weight excluding hydrogens is 244 g/mol. The molecule has 1 aliphatic rings. The van der Waals surface area contributed by atoms with E-state index in [1.165, 1.54) is 0 Å². The third kappa shape index (κ3) is 3.32. The third-order valence-corrected chi connectivity index (χ3v) is 3.38. The number of carbonyl (C=O) groups is 2. The average molecular weight is 262 g/mol. The second-order valence-corrected chi connectivity index (χ2v) is 4.87. The molecule has 1 aliphatic heterocycles. The molecule has 1 saturated heterocycles. The van der Waals surface area contributed by atoms with Gasteiger partial charge in [-0.15, -0.1) is 0 Å². The Morgan fingerprint density at radius 2 is 2.00 bits per heavy atom. The van der Waals surface area contributed by atoms with Crippen LogP contribution < -0.4 is 5.32 Å². The molecule has 0 aliphatic carbocycles. The Kier molecular flexibility index (Phi) is 4.16. The summed E-state index contributed by atoms with van der Waals surface area (Å²) in [6, 6.07) is 7.40. The molecule has 5 heteroatoms. The summed E-state index contributed by atoms with van der Waals surface area (Å²) < 4.78 is 0. The van der Waals surface area contributed by atoms with Gasteiger partial charge in [0.05, 0.1) is 12.5 Å². The maximum Gasteiger partial charge on any atom is 0.225 e. The van der Waals surface area contributed by atoms with Crippen molar-refractivity contribution in [1.29, 1.82) is 0 Å². The molecule has 0 radical (unpaired) electrons.